The van der Waals surface area contributed by atoms with Gasteiger partial charge in [0.25, 0.3) is 0 Å². The van der Waals surface area contributed by atoms with Crippen molar-refractivity contribution in [1.29, 1.82) is 0 Å². The highest BCUT2D eigenvalue weighted by Gasteiger charge is 2.36. The maximum atomic E-state index is 5.78. The summed E-state index contributed by atoms with van der Waals surface area (Å²) >= 11 is 0. The molecule has 2 aliphatic carbocycles. The molecule has 1 atom stereocenters. The second-order valence-electron chi connectivity index (χ2n) is 6.96. The van der Waals surface area contributed by atoms with E-state index in [0.717, 1.165) is 18.6 Å². The first-order valence-electron chi connectivity index (χ1n) is 8.62. The van der Waals surface area contributed by atoms with Crippen molar-refractivity contribution in [2.75, 3.05) is 7.11 Å². The molecule has 0 spiro atoms. The van der Waals surface area contributed by atoms with Gasteiger partial charge in [-0.15, -0.1) is 0 Å². The van der Waals surface area contributed by atoms with Gasteiger partial charge in [-0.05, 0) is 64.8 Å². The molecule has 0 aliphatic heterocycles. The average Bonchev–Trinajstić information content (AvgIpc) is 2.61. The lowest BCUT2D eigenvalue weighted by atomic mass is 9.67. The Morgan fingerprint density at radius 3 is 1.92 bits per heavy atom. The summed E-state index contributed by atoms with van der Waals surface area (Å²) in [5, 5.41) is 0. The lowest BCUT2D eigenvalue weighted by Crippen LogP contribution is -2.23. The predicted molar refractivity (Wildman–Crippen MR) is 97.2 cm³/mol. The number of ether oxygens (including phenoxy) is 1. The van der Waals surface area contributed by atoms with Crippen molar-refractivity contribution in [1.82, 2.24) is 0 Å². The van der Waals surface area contributed by atoms with Gasteiger partial charge in [-0.2, -0.15) is 0 Å². The van der Waals surface area contributed by atoms with Crippen LogP contribution in [0.5, 0.6) is 5.75 Å². The van der Waals surface area contributed by atoms with E-state index in [-0.39, 0.29) is 0 Å². The van der Waals surface area contributed by atoms with Gasteiger partial charge in [0.2, 0.25) is 0 Å². The average molecular weight is 312 g/mol. The number of aryl methyl sites for hydroxylation is 1. The molecule has 0 N–H and O–H groups in total. The van der Waals surface area contributed by atoms with Crippen LogP contribution in [0.15, 0.2) is 54.6 Å². The van der Waals surface area contributed by atoms with Crippen LogP contribution in [0, 0.1) is 6.92 Å². The monoisotopic (exact) mass is 312 g/mol. The summed E-state index contributed by atoms with van der Waals surface area (Å²) in [6.45, 7) is 2.25. The van der Waals surface area contributed by atoms with Gasteiger partial charge in [0.05, 0.1) is 7.11 Å². The Hall–Kier alpha value is -2.54. The Morgan fingerprint density at radius 2 is 1.25 bits per heavy atom. The molecule has 2 aliphatic rings. The number of rotatable bonds is 1. The number of hydrogen-bond acceptors (Lipinski definition) is 1. The molecule has 3 aromatic carbocycles. The topological polar surface area (TPSA) is 9.23 Å². The van der Waals surface area contributed by atoms with Crippen LogP contribution in [0.3, 0.4) is 0 Å². The minimum absolute atomic E-state index is 0.307. The molecule has 3 aromatic rings. The van der Waals surface area contributed by atoms with Crippen molar-refractivity contribution < 1.29 is 4.74 Å². The predicted octanol–water partition coefficient (Wildman–Crippen LogP) is 4.99. The van der Waals surface area contributed by atoms with Crippen molar-refractivity contribution >= 4 is 0 Å². The normalized spacial score (nSPS) is 16.8. The Bertz CT molecular complexity index is 933. The number of benzene rings is 3. The lowest BCUT2D eigenvalue weighted by Gasteiger charge is -2.37. The quantitative estimate of drug-likeness (QED) is 0.423. The van der Waals surface area contributed by atoms with E-state index in [1.54, 1.807) is 7.11 Å². The van der Waals surface area contributed by atoms with E-state index in [4.69, 9.17) is 4.74 Å². The summed E-state index contributed by atoms with van der Waals surface area (Å²) in [4.78, 5) is 0. The minimum atomic E-state index is 0.307. The molecule has 0 radical (unpaired) electrons. The summed E-state index contributed by atoms with van der Waals surface area (Å²) in [5.41, 5.74) is 11.6. The molecule has 0 saturated heterocycles. The van der Waals surface area contributed by atoms with Crippen LogP contribution >= 0.6 is 0 Å². The molecule has 0 fully saturated rings. The highest BCUT2D eigenvalue weighted by atomic mass is 16.5. The molecule has 1 unspecified atom stereocenters. The summed E-state index contributed by atoms with van der Waals surface area (Å²) in [6.07, 6.45) is 2.05. The lowest BCUT2D eigenvalue weighted by molar-refractivity contribution is 0.407. The fourth-order valence-corrected chi connectivity index (χ4v) is 4.75. The zero-order valence-corrected chi connectivity index (χ0v) is 14.1. The van der Waals surface area contributed by atoms with Crippen LogP contribution in [-0.4, -0.2) is 7.11 Å². The fourth-order valence-electron chi connectivity index (χ4n) is 4.75. The number of hydrogen-bond donors (Lipinski definition) is 0. The molecular formula is C23H20O. The standard InChI is InChI=1S/C23H20O/c1-14-6-3-7-15-12-16-8-4-9-17-13-18-10-5-11-19(24-2)22(18)23(20(14)15)21(16)17/h3-11,23H,12-13H2,1-2H3. The van der Waals surface area contributed by atoms with Crippen LogP contribution in [0.1, 0.15) is 50.4 Å². The Kier molecular flexibility index (Phi) is 2.87. The first-order valence-corrected chi connectivity index (χ1v) is 8.62. The maximum absolute atomic E-state index is 5.78. The molecule has 5 rings (SSSR count). The zero-order valence-electron chi connectivity index (χ0n) is 14.1. The van der Waals surface area contributed by atoms with E-state index in [1.165, 1.54) is 44.5 Å². The third-order valence-electron chi connectivity index (χ3n) is 5.71. The maximum Gasteiger partial charge on any atom is 0.123 e. The van der Waals surface area contributed by atoms with Crippen molar-refractivity contribution in [2.24, 2.45) is 0 Å². The molecule has 1 nitrogen and oxygen atoms in total. The van der Waals surface area contributed by atoms with Gasteiger partial charge >= 0.3 is 0 Å². The minimum Gasteiger partial charge on any atom is -0.496 e. The Morgan fingerprint density at radius 1 is 0.708 bits per heavy atom. The molecule has 0 saturated carbocycles. The second kappa shape index (κ2) is 4.98. The van der Waals surface area contributed by atoms with E-state index in [1.807, 2.05) is 0 Å². The molecule has 0 amide bonds. The van der Waals surface area contributed by atoms with Crippen LogP contribution in [-0.2, 0) is 12.8 Å². The van der Waals surface area contributed by atoms with Crippen LogP contribution in [0.4, 0.5) is 0 Å². The van der Waals surface area contributed by atoms with Gasteiger partial charge in [-0.1, -0.05) is 48.5 Å². The second-order valence-corrected chi connectivity index (χ2v) is 6.96. The highest BCUT2D eigenvalue weighted by Crippen LogP contribution is 2.50. The van der Waals surface area contributed by atoms with Crippen LogP contribution in [0.2, 0.25) is 0 Å². The summed E-state index contributed by atoms with van der Waals surface area (Å²) in [5.74, 6) is 1.33. The molecule has 0 bridgehead atoms. The Labute approximate surface area is 142 Å². The van der Waals surface area contributed by atoms with Crippen molar-refractivity contribution in [3.05, 3.63) is 99.1 Å². The summed E-state index contributed by atoms with van der Waals surface area (Å²) in [6, 6.07) is 20.0. The van der Waals surface area contributed by atoms with Gasteiger partial charge < -0.3 is 4.74 Å². The SMILES string of the molecule is COc1cccc2c1C1c3c(C)cccc3Cc3cccc(c31)C2. The van der Waals surface area contributed by atoms with E-state index in [0.29, 0.717) is 5.92 Å². The highest BCUT2D eigenvalue weighted by molar-refractivity contribution is 5.66. The van der Waals surface area contributed by atoms with Gasteiger partial charge in [0.1, 0.15) is 5.75 Å². The Balaban J connectivity index is 1.90. The summed E-state index contributed by atoms with van der Waals surface area (Å²) in [7, 11) is 1.79. The van der Waals surface area contributed by atoms with Gasteiger partial charge in [0.15, 0.2) is 0 Å². The molecule has 24 heavy (non-hydrogen) atoms. The first-order chi connectivity index (χ1) is 11.8. The van der Waals surface area contributed by atoms with E-state index in [9.17, 15) is 0 Å². The zero-order chi connectivity index (χ0) is 16.3. The van der Waals surface area contributed by atoms with Crippen molar-refractivity contribution in [2.45, 2.75) is 25.7 Å². The van der Waals surface area contributed by atoms with Crippen molar-refractivity contribution in [3.63, 3.8) is 0 Å². The number of fused-ring (bicyclic) bond motifs is 4. The molecular weight excluding hydrogens is 292 g/mol. The van der Waals surface area contributed by atoms with E-state index >= 15 is 0 Å². The molecule has 0 heterocycles. The third-order valence-corrected chi connectivity index (χ3v) is 5.71. The third kappa shape index (κ3) is 1.76. The fraction of sp³-hybridized carbons (Fsp3) is 0.217. The number of methoxy groups -OCH3 is 1. The smallest absolute Gasteiger partial charge is 0.123 e. The van der Waals surface area contributed by atoms with E-state index < -0.39 is 0 Å². The van der Waals surface area contributed by atoms with Crippen LogP contribution in [0.25, 0.3) is 0 Å². The van der Waals surface area contributed by atoms with Crippen LogP contribution < -0.4 is 4.74 Å². The van der Waals surface area contributed by atoms with E-state index in [2.05, 4.69) is 61.5 Å². The largest absolute Gasteiger partial charge is 0.496 e. The molecule has 0 aromatic heterocycles. The first kappa shape index (κ1) is 13.9. The van der Waals surface area contributed by atoms with Gasteiger partial charge in [-0.3, -0.25) is 0 Å². The molecule has 1 heteroatoms. The van der Waals surface area contributed by atoms with Crippen molar-refractivity contribution in [3.8, 4) is 5.75 Å². The van der Waals surface area contributed by atoms with Gasteiger partial charge in [0, 0.05) is 11.5 Å². The summed E-state index contributed by atoms with van der Waals surface area (Å²) < 4.78 is 5.78. The molecule has 118 valence electrons. The van der Waals surface area contributed by atoms with Gasteiger partial charge in [-0.25, -0.2) is 0 Å².